The van der Waals surface area contributed by atoms with Gasteiger partial charge in [0.25, 0.3) is 0 Å². The van der Waals surface area contributed by atoms with Crippen LogP contribution >= 0.6 is 0 Å². The van der Waals surface area contributed by atoms with Gasteiger partial charge in [0.2, 0.25) is 0 Å². The van der Waals surface area contributed by atoms with Crippen LogP contribution in [0.25, 0.3) is 11.1 Å². The molecule has 0 aliphatic heterocycles. The Morgan fingerprint density at radius 2 is 2.21 bits per heavy atom. The van der Waals surface area contributed by atoms with Gasteiger partial charge in [0.15, 0.2) is 0 Å². The second-order valence-electron chi connectivity index (χ2n) is 4.98. The second-order valence-corrected chi connectivity index (χ2v) is 4.98. The predicted octanol–water partition coefficient (Wildman–Crippen LogP) is 2.66. The van der Waals surface area contributed by atoms with Crippen molar-refractivity contribution in [2.75, 3.05) is 0 Å². The van der Waals surface area contributed by atoms with Crippen LogP contribution in [0.2, 0.25) is 0 Å². The minimum atomic E-state index is -0.791. The van der Waals surface area contributed by atoms with Crippen LogP contribution in [0, 0.1) is 12.8 Å². The van der Waals surface area contributed by atoms with Crippen LogP contribution in [-0.4, -0.2) is 20.9 Å². The Bertz CT molecular complexity index is 602. The van der Waals surface area contributed by atoms with Gasteiger partial charge in [-0.3, -0.25) is 9.48 Å². The van der Waals surface area contributed by atoms with E-state index in [-0.39, 0.29) is 0 Å². The minimum Gasteiger partial charge on any atom is -0.481 e. The van der Waals surface area contributed by atoms with Gasteiger partial charge in [0.1, 0.15) is 0 Å². The minimum absolute atomic E-state index is 0.432. The molecular formula is C15H18N2O2. The van der Waals surface area contributed by atoms with E-state index >= 15 is 0 Å². The van der Waals surface area contributed by atoms with E-state index in [1.54, 1.807) is 11.6 Å². The maximum atomic E-state index is 11.0. The molecule has 0 saturated carbocycles. The molecule has 2 rings (SSSR count). The van der Waals surface area contributed by atoms with Gasteiger partial charge in [-0.2, -0.15) is 5.10 Å². The lowest BCUT2D eigenvalue weighted by Crippen LogP contribution is -2.13. The van der Waals surface area contributed by atoms with E-state index < -0.39 is 11.9 Å². The fourth-order valence-corrected chi connectivity index (χ4v) is 2.12. The first-order chi connectivity index (χ1) is 8.97. The van der Waals surface area contributed by atoms with Crippen molar-refractivity contribution >= 4 is 5.97 Å². The number of benzene rings is 1. The van der Waals surface area contributed by atoms with Gasteiger partial charge in [-0.05, 0) is 12.5 Å². The van der Waals surface area contributed by atoms with Gasteiger partial charge < -0.3 is 5.11 Å². The first-order valence-corrected chi connectivity index (χ1v) is 6.29. The number of nitrogens with zero attached hydrogens (tertiary/aromatic N) is 2. The Hall–Kier alpha value is -2.10. The lowest BCUT2D eigenvalue weighted by molar-refractivity contribution is -0.141. The fourth-order valence-electron chi connectivity index (χ4n) is 2.12. The van der Waals surface area contributed by atoms with E-state index in [9.17, 15) is 4.79 Å². The second kappa shape index (κ2) is 5.26. The largest absolute Gasteiger partial charge is 0.481 e. The SMILES string of the molecule is Cc1cccc(-c2cn(C)nc2CC(C)C(=O)O)c1. The van der Waals surface area contributed by atoms with Gasteiger partial charge in [-0.25, -0.2) is 0 Å². The van der Waals surface area contributed by atoms with Gasteiger partial charge in [-0.15, -0.1) is 0 Å². The number of aryl methyl sites for hydroxylation is 2. The van der Waals surface area contributed by atoms with Crippen molar-refractivity contribution in [3.05, 3.63) is 41.7 Å². The summed E-state index contributed by atoms with van der Waals surface area (Å²) in [6.07, 6.45) is 2.39. The molecule has 0 fully saturated rings. The van der Waals surface area contributed by atoms with E-state index in [4.69, 9.17) is 5.11 Å². The molecule has 1 aromatic heterocycles. The van der Waals surface area contributed by atoms with Gasteiger partial charge in [0.05, 0.1) is 11.6 Å². The Morgan fingerprint density at radius 3 is 2.84 bits per heavy atom. The summed E-state index contributed by atoms with van der Waals surface area (Å²) in [5.74, 6) is -1.22. The van der Waals surface area contributed by atoms with E-state index in [1.165, 1.54) is 5.56 Å². The third-order valence-electron chi connectivity index (χ3n) is 3.16. The van der Waals surface area contributed by atoms with Crippen LogP contribution in [0.1, 0.15) is 18.2 Å². The van der Waals surface area contributed by atoms with Gasteiger partial charge >= 0.3 is 5.97 Å². The summed E-state index contributed by atoms with van der Waals surface area (Å²) < 4.78 is 1.74. The molecule has 1 unspecified atom stereocenters. The summed E-state index contributed by atoms with van der Waals surface area (Å²) in [6.45, 7) is 3.75. The molecule has 1 N–H and O–H groups in total. The molecule has 0 bridgehead atoms. The predicted molar refractivity (Wildman–Crippen MR) is 73.9 cm³/mol. The molecule has 4 heteroatoms. The third-order valence-corrected chi connectivity index (χ3v) is 3.16. The summed E-state index contributed by atoms with van der Waals surface area (Å²) in [7, 11) is 1.86. The number of rotatable bonds is 4. The molecule has 0 aliphatic carbocycles. The molecule has 0 spiro atoms. The van der Waals surface area contributed by atoms with E-state index in [1.807, 2.05) is 38.4 Å². The highest BCUT2D eigenvalue weighted by molar-refractivity contribution is 5.71. The number of aromatic nitrogens is 2. The molecule has 1 atom stereocenters. The first kappa shape index (κ1) is 13.3. The maximum absolute atomic E-state index is 11.0. The number of carbonyl (C=O) groups is 1. The molecule has 0 aliphatic rings. The molecule has 0 amide bonds. The molecule has 0 radical (unpaired) electrons. The molecule has 19 heavy (non-hydrogen) atoms. The van der Waals surface area contributed by atoms with E-state index in [0.29, 0.717) is 6.42 Å². The zero-order chi connectivity index (χ0) is 14.0. The number of carboxylic acids is 1. The maximum Gasteiger partial charge on any atom is 0.306 e. The topological polar surface area (TPSA) is 55.1 Å². The first-order valence-electron chi connectivity index (χ1n) is 6.29. The van der Waals surface area contributed by atoms with Crippen molar-refractivity contribution < 1.29 is 9.90 Å². The molecular weight excluding hydrogens is 240 g/mol. The van der Waals surface area contributed by atoms with Crippen LogP contribution in [0.15, 0.2) is 30.5 Å². The van der Waals surface area contributed by atoms with Crippen molar-refractivity contribution in [1.29, 1.82) is 0 Å². The normalized spacial score (nSPS) is 12.4. The molecule has 1 aromatic carbocycles. The number of aliphatic carboxylic acids is 1. The molecule has 1 heterocycles. The summed E-state index contributed by atoms with van der Waals surface area (Å²) in [5.41, 5.74) is 4.11. The van der Waals surface area contributed by atoms with Crippen molar-refractivity contribution in [2.24, 2.45) is 13.0 Å². The van der Waals surface area contributed by atoms with Gasteiger partial charge in [-0.1, -0.05) is 36.8 Å². The highest BCUT2D eigenvalue weighted by Gasteiger charge is 2.17. The quantitative estimate of drug-likeness (QED) is 0.917. The lowest BCUT2D eigenvalue weighted by Gasteiger charge is -2.06. The summed E-state index contributed by atoms with van der Waals surface area (Å²) >= 11 is 0. The molecule has 2 aromatic rings. The van der Waals surface area contributed by atoms with Crippen molar-refractivity contribution in [2.45, 2.75) is 20.3 Å². The average Bonchev–Trinajstić information content (AvgIpc) is 2.70. The molecule has 4 nitrogen and oxygen atoms in total. The third kappa shape index (κ3) is 3.02. The zero-order valence-corrected chi connectivity index (χ0v) is 11.4. The Morgan fingerprint density at radius 1 is 1.47 bits per heavy atom. The smallest absolute Gasteiger partial charge is 0.306 e. The van der Waals surface area contributed by atoms with Crippen molar-refractivity contribution in [3.8, 4) is 11.1 Å². The van der Waals surface area contributed by atoms with Crippen LogP contribution < -0.4 is 0 Å². The standard InChI is InChI=1S/C15H18N2O2/c1-10-5-4-6-12(7-10)13-9-17(3)16-14(13)8-11(2)15(18)19/h4-7,9,11H,8H2,1-3H3,(H,18,19). The average molecular weight is 258 g/mol. The zero-order valence-electron chi connectivity index (χ0n) is 11.4. The summed E-state index contributed by atoms with van der Waals surface area (Å²) in [5, 5.41) is 13.4. The molecule has 0 saturated heterocycles. The van der Waals surface area contributed by atoms with Crippen LogP contribution in [0.5, 0.6) is 0 Å². The van der Waals surface area contributed by atoms with Crippen LogP contribution in [0.3, 0.4) is 0 Å². The monoisotopic (exact) mass is 258 g/mol. The molecule has 100 valence electrons. The summed E-state index contributed by atoms with van der Waals surface area (Å²) in [6, 6.07) is 8.16. The van der Waals surface area contributed by atoms with Crippen molar-refractivity contribution in [3.63, 3.8) is 0 Å². The van der Waals surface area contributed by atoms with Crippen molar-refractivity contribution in [1.82, 2.24) is 9.78 Å². The number of hydrogen-bond donors (Lipinski definition) is 1. The Labute approximate surface area is 112 Å². The summed E-state index contributed by atoms with van der Waals surface area (Å²) in [4.78, 5) is 11.0. The highest BCUT2D eigenvalue weighted by atomic mass is 16.4. The lowest BCUT2D eigenvalue weighted by atomic mass is 9.98. The highest BCUT2D eigenvalue weighted by Crippen LogP contribution is 2.25. The number of hydrogen-bond acceptors (Lipinski definition) is 2. The Kier molecular flexibility index (Phi) is 3.69. The van der Waals surface area contributed by atoms with Crippen LogP contribution in [0.4, 0.5) is 0 Å². The Balaban J connectivity index is 2.38. The van der Waals surface area contributed by atoms with Crippen LogP contribution in [-0.2, 0) is 18.3 Å². The van der Waals surface area contributed by atoms with Gasteiger partial charge in [0, 0.05) is 25.2 Å². The van der Waals surface area contributed by atoms with E-state index in [0.717, 1.165) is 16.8 Å². The number of carboxylic acid groups (broad SMARTS) is 1. The fraction of sp³-hybridized carbons (Fsp3) is 0.333. The van der Waals surface area contributed by atoms with E-state index in [2.05, 4.69) is 11.2 Å².